The van der Waals surface area contributed by atoms with E-state index in [1.165, 1.54) is 0 Å². The molecule has 0 radical (unpaired) electrons. The molecule has 8 heteroatoms. The average molecular weight is 587 g/mol. The predicted molar refractivity (Wildman–Crippen MR) is 164 cm³/mol. The smallest absolute Gasteiger partial charge is 0.339 e. The molecule has 5 rings (SSSR count). The van der Waals surface area contributed by atoms with Crippen LogP contribution in [-0.2, 0) is 11.2 Å². The van der Waals surface area contributed by atoms with E-state index in [1.807, 2.05) is 58.9 Å². The van der Waals surface area contributed by atoms with Crippen molar-refractivity contribution in [3.05, 3.63) is 92.8 Å². The number of carbonyl (C=O) groups excluding carboxylic acids is 1. The molecule has 1 aromatic heterocycles. The third-order valence-electron chi connectivity index (χ3n) is 8.55. The molecule has 0 bridgehead atoms. The van der Waals surface area contributed by atoms with Crippen LogP contribution in [-0.4, -0.2) is 47.2 Å². The van der Waals surface area contributed by atoms with Gasteiger partial charge in [0.05, 0.1) is 18.8 Å². The van der Waals surface area contributed by atoms with E-state index in [0.29, 0.717) is 33.6 Å². The highest BCUT2D eigenvalue weighted by atomic mass is 16.7. The number of aliphatic hydroxyl groups excluding tert-OH is 2. The highest BCUT2D eigenvalue weighted by Crippen LogP contribution is 2.38. The number of rotatable bonds is 7. The molecule has 1 aliphatic heterocycles. The minimum atomic E-state index is -1.26. The summed E-state index contributed by atoms with van der Waals surface area (Å²) >= 11 is 0. The number of ketones is 1. The van der Waals surface area contributed by atoms with E-state index < -0.39 is 29.7 Å². The van der Waals surface area contributed by atoms with E-state index in [9.17, 15) is 19.8 Å². The van der Waals surface area contributed by atoms with Gasteiger partial charge in [-0.15, -0.1) is 0 Å². The van der Waals surface area contributed by atoms with Gasteiger partial charge in [-0.2, -0.15) is 0 Å². The molecule has 0 saturated carbocycles. The van der Waals surface area contributed by atoms with Gasteiger partial charge in [0.1, 0.15) is 23.2 Å². The number of fused-ring (bicyclic) bond motifs is 1. The number of hydrogen-bond donors (Lipinski definition) is 2. The molecule has 0 spiro atoms. The fourth-order valence-corrected chi connectivity index (χ4v) is 5.68. The molecule has 226 valence electrons. The Labute approximate surface area is 250 Å². The Morgan fingerprint density at radius 1 is 1.00 bits per heavy atom. The number of aliphatic hydroxyl groups is 2. The van der Waals surface area contributed by atoms with Gasteiger partial charge >= 0.3 is 5.63 Å². The van der Waals surface area contributed by atoms with Crippen LogP contribution in [0.4, 0.5) is 0 Å². The summed E-state index contributed by atoms with van der Waals surface area (Å²) in [6.45, 7) is 11.1. The van der Waals surface area contributed by atoms with Crippen molar-refractivity contribution in [3.63, 3.8) is 0 Å². The molecule has 2 N–H and O–H groups in total. The number of methoxy groups -OCH3 is 1. The summed E-state index contributed by atoms with van der Waals surface area (Å²) < 4.78 is 23.4. The van der Waals surface area contributed by atoms with E-state index in [-0.39, 0.29) is 23.7 Å². The Bertz CT molecular complexity index is 1750. The molecule has 1 unspecified atom stereocenters. The van der Waals surface area contributed by atoms with Gasteiger partial charge in [-0.1, -0.05) is 36.8 Å². The van der Waals surface area contributed by atoms with Crippen LogP contribution in [0.3, 0.4) is 0 Å². The minimum absolute atomic E-state index is 0.137. The minimum Gasteiger partial charge on any atom is -0.496 e. The van der Waals surface area contributed by atoms with Gasteiger partial charge in [-0.05, 0) is 76.1 Å². The molecule has 4 atom stereocenters. The first kappa shape index (κ1) is 30.5. The molecule has 1 aliphatic rings. The van der Waals surface area contributed by atoms with Crippen LogP contribution in [0.15, 0.2) is 63.8 Å². The summed E-state index contributed by atoms with van der Waals surface area (Å²) in [5.74, 6) is 0.501. The molecule has 1 saturated heterocycles. The fourth-order valence-electron chi connectivity index (χ4n) is 5.68. The zero-order valence-electron chi connectivity index (χ0n) is 25.6. The van der Waals surface area contributed by atoms with Gasteiger partial charge in [0.15, 0.2) is 5.78 Å². The number of benzene rings is 3. The Hall–Kier alpha value is -3.98. The summed E-state index contributed by atoms with van der Waals surface area (Å²) in [5, 5.41) is 21.9. The highest BCUT2D eigenvalue weighted by Gasteiger charge is 2.48. The summed E-state index contributed by atoms with van der Waals surface area (Å²) in [7, 11) is 1.59. The molecule has 0 aliphatic carbocycles. The van der Waals surface area contributed by atoms with Crippen molar-refractivity contribution in [1.29, 1.82) is 0 Å². The van der Waals surface area contributed by atoms with Crippen molar-refractivity contribution in [2.75, 3.05) is 7.11 Å². The van der Waals surface area contributed by atoms with Crippen molar-refractivity contribution in [1.82, 2.24) is 0 Å². The van der Waals surface area contributed by atoms with Gasteiger partial charge in [0.25, 0.3) is 0 Å². The summed E-state index contributed by atoms with van der Waals surface area (Å²) in [6.07, 6.45) is -3.55. The van der Waals surface area contributed by atoms with Crippen LogP contribution in [0.1, 0.15) is 53.4 Å². The van der Waals surface area contributed by atoms with Gasteiger partial charge in [0.2, 0.25) is 6.29 Å². The summed E-state index contributed by atoms with van der Waals surface area (Å²) in [4.78, 5) is 26.5. The van der Waals surface area contributed by atoms with Crippen LogP contribution in [0.2, 0.25) is 0 Å². The first-order valence-electron chi connectivity index (χ1n) is 14.4. The maximum Gasteiger partial charge on any atom is 0.339 e. The number of Topliss-reactive ketones (excluding diaryl/α,β-unsaturated/α-hetero) is 1. The topological polar surface area (TPSA) is 115 Å². The Kier molecular flexibility index (Phi) is 8.22. The largest absolute Gasteiger partial charge is 0.496 e. The Morgan fingerprint density at radius 3 is 2.44 bits per heavy atom. The van der Waals surface area contributed by atoms with Crippen LogP contribution < -0.4 is 15.1 Å². The molecular weight excluding hydrogens is 548 g/mol. The average Bonchev–Trinajstić information content (AvgIpc) is 2.97. The van der Waals surface area contributed by atoms with Crippen LogP contribution in [0.25, 0.3) is 22.1 Å². The van der Waals surface area contributed by atoms with E-state index in [4.69, 9.17) is 18.6 Å². The lowest BCUT2D eigenvalue weighted by molar-refractivity contribution is -0.285. The number of ether oxygens (including phenoxy) is 3. The normalized spacial score (nSPS) is 21.5. The standard InChI is InChI=1S/C35H38O8/c1-18-9-8-10-22(13-18)26-16-23(11-12-28(26)40-7)27(36)17-25-15-24-14-19(2)31(20(3)32(24)41-33(25)39)42-34-30(38)29(37)21(4)35(5,6)43-34/h8-16,21,29-30,34,37-38H,17H2,1-7H3/t21-,29+,30+,34?/m1/s1. The zero-order valence-corrected chi connectivity index (χ0v) is 25.6. The van der Waals surface area contributed by atoms with Gasteiger partial charge < -0.3 is 28.8 Å². The molecule has 2 heterocycles. The number of aryl methyl sites for hydroxylation is 3. The monoisotopic (exact) mass is 586 g/mol. The number of carbonyl (C=O) groups is 1. The van der Waals surface area contributed by atoms with E-state index >= 15 is 0 Å². The van der Waals surface area contributed by atoms with Crippen molar-refractivity contribution in [3.8, 4) is 22.6 Å². The second kappa shape index (κ2) is 11.6. The third kappa shape index (κ3) is 5.83. The zero-order chi connectivity index (χ0) is 31.2. The fraction of sp³-hybridized carbons (Fsp3) is 0.371. The van der Waals surface area contributed by atoms with Gasteiger partial charge in [0, 0.05) is 40.0 Å². The molecule has 43 heavy (non-hydrogen) atoms. The predicted octanol–water partition coefficient (Wildman–Crippen LogP) is 5.69. The molecule has 1 fully saturated rings. The second-order valence-corrected chi connectivity index (χ2v) is 12.0. The highest BCUT2D eigenvalue weighted by molar-refractivity contribution is 5.99. The SMILES string of the molecule is COc1ccc(C(=O)Cc2cc3cc(C)c(OC4OC(C)(C)[C@H](C)[C@H](O)[C@@H]4O)c(C)c3oc2=O)cc1-c1cccc(C)c1. The van der Waals surface area contributed by atoms with Gasteiger partial charge in [-0.25, -0.2) is 4.79 Å². The van der Waals surface area contributed by atoms with Crippen molar-refractivity contribution in [2.24, 2.45) is 5.92 Å². The summed E-state index contributed by atoms with van der Waals surface area (Å²) in [6, 6.07) is 16.7. The molecule has 3 aromatic carbocycles. The lowest BCUT2D eigenvalue weighted by Gasteiger charge is -2.46. The van der Waals surface area contributed by atoms with Crippen molar-refractivity contribution in [2.45, 2.75) is 72.1 Å². The Balaban J connectivity index is 1.44. The lowest BCUT2D eigenvalue weighted by Crippen LogP contribution is -2.59. The van der Waals surface area contributed by atoms with E-state index in [2.05, 4.69) is 0 Å². The first-order chi connectivity index (χ1) is 20.3. The number of hydrogen-bond acceptors (Lipinski definition) is 8. The third-order valence-corrected chi connectivity index (χ3v) is 8.55. The first-order valence-corrected chi connectivity index (χ1v) is 14.4. The van der Waals surface area contributed by atoms with Crippen LogP contribution in [0, 0.1) is 26.7 Å². The molecular formula is C35H38O8. The van der Waals surface area contributed by atoms with Crippen LogP contribution in [0.5, 0.6) is 11.5 Å². The molecule has 8 nitrogen and oxygen atoms in total. The lowest BCUT2D eigenvalue weighted by atomic mass is 9.82. The maximum atomic E-state index is 13.4. The van der Waals surface area contributed by atoms with Crippen LogP contribution >= 0.6 is 0 Å². The van der Waals surface area contributed by atoms with E-state index in [1.54, 1.807) is 44.4 Å². The summed E-state index contributed by atoms with van der Waals surface area (Å²) in [5.41, 5.74) is 3.72. The second-order valence-electron chi connectivity index (χ2n) is 12.0. The van der Waals surface area contributed by atoms with Crippen molar-refractivity contribution < 1.29 is 33.6 Å². The quantitative estimate of drug-likeness (QED) is 0.210. The maximum absolute atomic E-state index is 13.4. The van der Waals surface area contributed by atoms with E-state index in [0.717, 1.165) is 22.3 Å². The molecule has 0 amide bonds. The van der Waals surface area contributed by atoms with Gasteiger partial charge in [-0.3, -0.25) is 4.79 Å². The van der Waals surface area contributed by atoms with Crippen molar-refractivity contribution >= 4 is 16.8 Å². The molecule has 4 aromatic rings. The Morgan fingerprint density at radius 2 is 1.74 bits per heavy atom.